The average molecular weight is 395 g/mol. The van der Waals surface area contributed by atoms with Crippen molar-refractivity contribution < 1.29 is 13.9 Å². The second-order valence-electron chi connectivity index (χ2n) is 5.91. The van der Waals surface area contributed by atoms with Gasteiger partial charge in [-0.05, 0) is 36.4 Å². The normalized spacial score (nSPS) is 11.2. The molecule has 0 atom stereocenters. The summed E-state index contributed by atoms with van der Waals surface area (Å²) in [6.45, 7) is 0.129. The van der Waals surface area contributed by atoms with Crippen LogP contribution in [0.1, 0.15) is 16.1 Å². The first-order valence-corrected chi connectivity index (χ1v) is 8.60. The molecule has 0 saturated carbocycles. The van der Waals surface area contributed by atoms with Gasteiger partial charge in [-0.15, -0.1) is 0 Å². The second-order valence-corrected chi connectivity index (χ2v) is 5.91. The van der Waals surface area contributed by atoms with Crippen LogP contribution in [0.5, 0.6) is 0 Å². The van der Waals surface area contributed by atoms with Crippen molar-refractivity contribution in [2.24, 2.45) is 4.99 Å². The molecule has 0 fully saturated rings. The number of amides is 1. The molecule has 2 aromatic carbocycles. The molecule has 148 valence electrons. The van der Waals surface area contributed by atoms with E-state index in [1.54, 1.807) is 30.3 Å². The fourth-order valence-corrected chi connectivity index (χ4v) is 2.40. The number of anilines is 1. The number of H-pyrrole nitrogens is 1. The molecule has 0 aliphatic rings. The van der Waals surface area contributed by atoms with E-state index in [1.165, 1.54) is 37.4 Å². The second kappa shape index (κ2) is 9.38. The predicted molar refractivity (Wildman–Crippen MR) is 107 cm³/mol. The molecular formula is C20H18FN5O3. The molecule has 0 aliphatic carbocycles. The van der Waals surface area contributed by atoms with Crippen LogP contribution in [0.25, 0.3) is 0 Å². The fourth-order valence-electron chi connectivity index (χ4n) is 2.40. The molecular weight excluding hydrogens is 377 g/mol. The van der Waals surface area contributed by atoms with Crippen molar-refractivity contribution in [2.75, 3.05) is 12.4 Å². The Labute approximate surface area is 165 Å². The third kappa shape index (κ3) is 5.81. The van der Waals surface area contributed by atoms with Crippen LogP contribution >= 0.6 is 0 Å². The van der Waals surface area contributed by atoms with Crippen molar-refractivity contribution in [2.45, 2.75) is 6.61 Å². The van der Waals surface area contributed by atoms with E-state index in [2.05, 4.69) is 25.6 Å². The smallest absolute Gasteiger partial charge is 0.257 e. The van der Waals surface area contributed by atoms with Crippen LogP contribution in [0.15, 0.2) is 70.5 Å². The van der Waals surface area contributed by atoms with Crippen molar-refractivity contribution >= 4 is 23.5 Å². The molecule has 0 bridgehead atoms. The minimum absolute atomic E-state index is 0.00294. The van der Waals surface area contributed by atoms with E-state index in [1.807, 2.05) is 0 Å². The molecule has 0 unspecified atom stereocenters. The SMILES string of the molecule is COCc1cc(=O)[nH]c(N=C(NC(=O)c2ccccc2)Nc2ccc(F)cc2)n1. The van der Waals surface area contributed by atoms with E-state index in [9.17, 15) is 14.0 Å². The Balaban J connectivity index is 1.93. The Morgan fingerprint density at radius 1 is 1.17 bits per heavy atom. The largest absolute Gasteiger partial charge is 0.378 e. The average Bonchev–Trinajstić information content (AvgIpc) is 2.70. The van der Waals surface area contributed by atoms with Gasteiger partial charge < -0.3 is 10.1 Å². The van der Waals surface area contributed by atoms with E-state index in [-0.39, 0.29) is 18.5 Å². The third-order valence-corrected chi connectivity index (χ3v) is 3.67. The Morgan fingerprint density at radius 2 is 1.90 bits per heavy atom. The minimum Gasteiger partial charge on any atom is -0.378 e. The summed E-state index contributed by atoms with van der Waals surface area (Å²) >= 11 is 0. The van der Waals surface area contributed by atoms with Crippen LogP contribution < -0.4 is 16.2 Å². The summed E-state index contributed by atoms with van der Waals surface area (Å²) < 4.78 is 18.2. The van der Waals surface area contributed by atoms with Gasteiger partial charge in [0.25, 0.3) is 11.5 Å². The molecule has 1 amide bonds. The quantitative estimate of drug-likeness (QED) is 0.455. The molecule has 0 spiro atoms. The summed E-state index contributed by atoms with van der Waals surface area (Å²) in [5, 5.41) is 5.51. The predicted octanol–water partition coefficient (Wildman–Crippen LogP) is 2.59. The van der Waals surface area contributed by atoms with Gasteiger partial charge in [0.05, 0.1) is 12.3 Å². The van der Waals surface area contributed by atoms with Crippen molar-refractivity contribution in [3.05, 3.63) is 88.1 Å². The number of hydrogen-bond donors (Lipinski definition) is 3. The zero-order valence-electron chi connectivity index (χ0n) is 15.5. The number of halogens is 1. The number of methoxy groups -OCH3 is 1. The fraction of sp³-hybridized carbons (Fsp3) is 0.100. The van der Waals surface area contributed by atoms with Crippen LogP contribution in [0, 0.1) is 5.82 Å². The Hall–Kier alpha value is -3.85. The topological polar surface area (TPSA) is 108 Å². The lowest BCUT2D eigenvalue weighted by molar-refractivity contribution is 0.0977. The monoisotopic (exact) mass is 395 g/mol. The van der Waals surface area contributed by atoms with Crippen LogP contribution in [0.3, 0.4) is 0 Å². The van der Waals surface area contributed by atoms with Crippen molar-refractivity contribution in [3.8, 4) is 0 Å². The van der Waals surface area contributed by atoms with E-state index in [0.29, 0.717) is 16.9 Å². The maximum absolute atomic E-state index is 13.2. The van der Waals surface area contributed by atoms with Gasteiger partial charge in [-0.3, -0.25) is 19.9 Å². The lowest BCUT2D eigenvalue weighted by atomic mass is 10.2. The van der Waals surface area contributed by atoms with Gasteiger partial charge in [-0.1, -0.05) is 18.2 Å². The summed E-state index contributed by atoms with van der Waals surface area (Å²) in [7, 11) is 1.48. The highest BCUT2D eigenvalue weighted by atomic mass is 19.1. The summed E-state index contributed by atoms with van der Waals surface area (Å²) in [5.74, 6) is -0.847. The molecule has 1 aromatic heterocycles. The molecule has 8 nitrogen and oxygen atoms in total. The zero-order valence-corrected chi connectivity index (χ0v) is 15.5. The molecule has 29 heavy (non-hydrogen) atoms. The van der Waals surface area contributed by atoms with E-state index in [0.717, 1.165) is 0 Å². The molecule has 3 aromatic rings. The van der Waals surface area contributed by atoms with Gasteiger partial charge in [0, 0.05) is 24.4 Å². The van der Waals surface area contributed by atoms with Gasteiger partial charge in [0.15, 0.2) is 0 Å². The highest BCUT2D eigenvalue weighted by molar-refractivity contribution is 6.10. The first-order chi connectivity index (χ1) is 14.0. The van der Waals surface area contributed by atoms with Gasteiger partial charge in [-0.25, -0.2) is 9.37 Å². The van der Waals surface area contributed by atoms with Gasteiger partial charge in [-0.2, -0.15) is 4.99 Å². The van der Waals surface area contributed by atoms with Crippen molar-refractivity contribution in [1.29, 1.82) is 0 Å². The van der Waals surface area contributed by atoms with E-state index < -0.39 is 17.3 Å². The maximum Gasteiger partial charge on any atom is 0.257 e. The molecule has 3 N–H and O–H groups in total. The molecule has 3 rings (SSSR count). The highest BCUT2D eigenvalue weighted by Gasteiger charge is 2.11. The van der Waals surface area contributed by atoms with Crippen molar-refractivity contribution in [3.63, 3.8) is 0 Å². The van der Waals surface area contributed by atoms with Gasteiger partial charge >= 0.3 is 0 Å². The number of guanidine groups is 1. The zero-order chi connectivity index (χ0) is 20.6. The number of carbonyl (C=O) groups is 1. The number of hydrogen-bond acceptors (Lipinski definition) is 5. The van der Waals surface area contributed by atoms with Crippen LogP contribution in [0.4, 0.5) is 16.0 Å². The number of aliphatic imine (C=N–C) groups is 1. The van der Waals surface area contributed by atoms with Gasteiger partial charge in [0.1, 0.15) is 5.82 Å². The maximum atomic E-state index is 13.2. The number of carbonyl (C=O) groups excluding carboxylic acids is 1. The van der Waals surface area contributed by atoms with E-state index in [4.69, 9.17) is 4.74 Å². The molecule has 1 heterocycles. The molecule has 9 heteroatoms. The summed E-state index contributed by atoms with van der Waals surface area (Å²) in [6.07, 6.45) is 0. The molecule has 0 aliphatic heterocycles. The Morgan fingerprint density at radius 3 is 2.59 bits per heavy atom. The van der Waals surface area contributed by atoms with Crippen LogP contribution in [0.2, 0.25) is 0 Å². The molecule has 0 radical (unpaired) electrons. The number of rotatable bonds is 5. The highest BCUT2D eigenvalue weighted by Crippen LogP contribution is 2.10. The van der Waals surface area contributed by atoms with Crippen molar-refractivity contribution in [1.82, 2.24) is 15.3 Å². The number of nitrogens with one attached hydrogen (secondary N) is 3. The Bertz CT molecular complexity index is 1070. The van der Waals surface area contributed by atoms with E-state index >= 15 is 0 Å². The van der Waals surface area contributed by atoms with Crippen LogP contribution in [-0.2, 0) is 11.3 Å². The molecule has 0 saturated heterocycles. The first kappa shape index (κ1) is 19.9. The standard InChI is InChI=1S/C20H18FN5O3/c1-29-12-16-11-17(27)24-19(23-16)26-20(22-15-9-7-14(21)8-10-15)25-18(28)13-5-3-2-4-6-13/h2-11H,12H2,1H3,(H3,22,23,24,25,26,27,28). The first-order valence-electron chi connectivity index (χ1n) is 8.60. The Kier molecular flexibility index (Phi) is 6.43. The number of ether oxygens (including phenoxy) is 1. The summed E-state index contributed by atoms with van der Waals surface area (Å²) in [6, 6.07) is 15.3. The lowest BCUT2D eigenvalue weighted by Gasteiger charge is -2.12. The number of aromatic amines is 1. The number of benzene rings is 2. The van der Waals surface area contributed by atoms with Crippen LogP contribution in [-0.4, -0.2) is 28.9 Å². The third-order valence-electron chi connectivity index (χ3n) is 3.67. The number of aromatic nitrogens is 2. The van der Waals surface area contributed by atoms with Gasteiger partial charge in [0.2, 0.25) is 11.9 Å². The minimum atomic E-state index is -0.422. The summed E-state index contributed by atoms with van der Waals surface area (Å²) in [5.41, 5.74) is 0.858. The lowest BCUT2D eigenvalue weighted by Crippen LogP contribution is -2.36. The number of nitrogens with zero attached hydrogens (tertiary/aromatic N) is 2. The summed E-state index contributed by atoms with van der Waals surface area (Å²) in [4.78, 5) is 35.2.